The average molecular weight is 265 g/mol. The van der Waals surface area contributed by atoms with Gasteiger partial charge in [0.05, 0.1) is 11.3 Å². The van der Waals surface area contributed by atoms with Crippen LogP contribution < -0.4 is 4.90 Å². The molecular weight excluding hydrogens is 249 g/mol. The van der Waals surface area contributed by atoms with E-state index in [2.05, 4.69) is 0 Å². The van der Waals surface area contributed by atoms with E-state index in [9.17, 15) is 14.0 Å². The molecule has 102 valence electrons. The Labute approximate surface area is 110 Å². The number of halogens is 1. The van der Waals surface area contributed by atoms with Gasteiger partial charge in [0.1, 0.15) is 0 Å². The molecule has 1 aromatic carbocycles. The zero-order valence-corrected chi connectivity index (χ0v) is 10.8. The monoisotopic (exact) mass is 265 g/mol. The minimum absolute atomic E-state index is 0.103. The lowest BCUT2D eigenvalue weighted by Crippen LogP contribution is -2.25. The van der Waals surface area contributed by atoms with Gasteiger partial charge in [0, 0.05) is 13.0 Å². The maximum atomic E-state index is 14.2. The van der Waals surface area contributed by atoms with Gasteiger partial charge in [-0.1, -0.05) is 13.3 Å². The first-order valence-electron chi connectivity index (χ1n) is 6.40. The molecule has 2 rings (SSSR count). The summed E-state index contributed by atoms with van der Waals surface area (Å²) in [4.78, 5) is 24.1. The zero-order chi connectivity index (χ0) is 14.0. The molecule has 1 aromatic rings. The summed E-state index contributed by atoms with van der Waals surface area (Å²) in [5.41, 5.74) is 0.488. The number of aromatic carboxylic acids is 1. The summed E-state index contributed by atoms with van der Waals surface area (Å²) in [7, 11) is 0. The first-order valence-corrected chi connectivity index (χ1v) is 6.40. The molecule has 19 heavy (non-hydrogen) atoms. The summed E-state index contributed by atoms with van der Waals surface area (Å²) in [5.74, 6) is -2.27. The van der Waals surface area contributed by atoms with E-state index in [4.69, 9.17) is 5.11 Å². The molecule has 0 unspecified atom stereocenters. The fourth-order valence-corrected chi connectivity index (χ4v) is 2.36. The summed E-state index contributed by atoms with van der Waals surface area (Å²) in [5, 5.41) is 9.05. The lowest BCUT2D eigenvalue weighted by molar-refractivity contribution is -0.117. The smallest absolute Gasteiger partial charge is 0.338 e. The van der Waals surface area contributed by atoms with Gasteiger partial charge >= 0.3 is 5.97 Å². The molecule has 0 atom stereocenters. The van der Waals surface area contributed by atoms with E-state index in [0.717, 1.165) is 12.0 Å². The highest BCUT2D eigenvalue weighted by molar-refractivity contribution is 5.97. The van der Waals surface area contributed by atoms with Gasteiger partial charge in [0.25, 0.3) is 0 Å². The highest BCUT2D eigenvalue weighted by Gasteiger charge is 2.27. The van der Waals surface area contributed by atoms with Crippen LogP contribution in [0.15, 0.2) is 12.1 Å². The third-order valence-electron chi connectivity index (χ3n) is 3.25. The van der Waals surface area contributed by atoms with Crippen LogP contribution in [-0.2, 0) is 11.2 Å². The van der Waals surface area contributed by atoms with Gasteiger partial charge in [-0.2, -0.15) is 0 Å². The molecule has 1 aliphatic heterocycles. The van der Waals surface area contributed by atoms with Crippen LogP contribution in [0.3, 0.4) is 0 Å². The van der Waals surface area contributed by atoms with Gasteiger partial charge in [-0.15, -0.1) is 0 Å². The van der Waals surface area contributed by atoms with Gasteiger partial charge in [-0.05, 0) is 30.5 Å². The molecule has 1 saturated heterocycles. The second-order valence-corrected chi connectivity index (χ2v) is 4.68. The van der Waals surface area contributed by atoms with Crippen LogP contribution in [0.2, 0.25) is 0 Å². The molecular formula is C14H16FNO3. The third kappa shape index (κ3) is 2.59. The van der Waals surface area contributed by atoms with E-state index in [-0.39, 0.29) is 17.2 Å². The summed E-state index contributed by atoms with van der Waals surface area (Å²) in [6.45, 7) is 2.41. The van der Waals surface area contributed by atoms with E-state index < -0.39 is 11.8 Å². The highest BCUT2D eigenvalue weighted by atomic mass is 19.1. The number of benzene rings is 1. The normalized spacial score (nSPS) is 15.1. The fraction of sp³-hybridized carbons (Fsp3) is 0.429. The molecule has 1 fully saturated rings. The Hall–Kier alpha value is -1.91. The Morgan fingerprint density at radius 1 is 1.47 bits per heavy atom. The second kappa shape index (κ2) is 5.38. The number of nitrogens with zero attached hydrogens (tertiary/aromatic N) is 1. The van der Waals surface area contributed by atoms with Gasteiger partial charge < -0.3 is 10.0 Å². The van der Waals surface area contributed by atoms with Crippen LogP contribution >= 0.6 is 0 Å². The number of carbonyl (C=O) groups is 2. The Morgan fingerprint density at radius 2 is 2.21 bits per heavy atom. The number of carboxylic acid groups (broad SMARTS) is 1. The minimum atomic E-state index is -1.30. The van der Waals surface area contributed by atoms with Crippen molar-refractivity contribution < 1.29 is 19.1 Å². The second-order valence-electron chi connectivity index (χ2n) is 4.68. The highest BCUT2D eigenvalue weighted by Crippen LogP contribution is 2.29. The Kier molecular flexibility index (Phi) is 3.83. The predicted molar refractivity (Wildman–Crippen MR) is 68.9 cm³/mol. The zero-order valence-electron chi connectivity index (χ0n) is 10.8. The van der Waals surface area contributed by atoms with E-state index in [1.807, 2.05) is 6.92 Å². The van der Waals surface area contributed by atoms with Crippen LogP contribution in [0, 0.1) is 5.82 Å². The van der Waals surface area contributed by atoms with Crippen LogP contribution in [0.25, 0.3) is 0 Å². The van der Waals surface area contributed by atoms with Gasteiger partial charge in [-0.25, -0.2) is 9.18 Å². The summed E-state index contributed by atoms with van der Waals surface area (Å²) in [6, 6.07) is 2.94. The minimum Gasteiger partial charge on any atom is -0.478 e. The molecule has 1 aliphatic rings. The molecule has 1 heterocycles. The number of hydrogen-bond acceptors (Lipinski definition) is 2. The number of aryl methyl sites for hydroxylation is 1. The van der Waals surface area contributed by atoms with Gasteiger partial charge in [0.2, 0.25) is 5.91 Å². The van der Waals surface area contributed by atoms with Crippen molar-refractivity contribution in [2.45, 2.75) is 32.6 Å². The largest absolute Gasteiger partial charge is 0.478 e. The summed E-state index contributed by atoms with van der Waals surface area (Å²) < 4.78 is 14.2. The summed E-state index contributed by atoms with van der Waals surface area (Å²) >= 11 is 0. The molecule has 0 radical (unpaired) electrons. The van der Waals surface area contributed by atoms with E-state index in [1.165, 1.54) is 11.0 Å². The Bertz CT molecular complexity index is 528. The van der Waals surface area contributed by atoms with Crippen LogP contribution in [0.5, 0.6) is 0 Å². The van der Waals surface area contributed by atoms with E-state index >= 15 is 0 Å². The number of carbonyl (C=O) groups excluding carboxylic acids is 1. The molecule has 1 amide bonds. The van der Waals surface area contributed by atoms with Gasteiger partial charge in [0.15, 0.2) is 5.82 Å². The molecule has 0 aliphatic carbocycles. The molecule has 5 heteroatoms. The molecule has 0 spiro atoms. The Morgan fingerprint density at radius 3 is 2.74 bits per heavy atom. The van der Waals surface area contributed by atoms with Gasteiger partial charge in [-0.3, -0.25) is 4.79 Å². The lowest BCUT2D eigenvalue weighted by atomic mass is 10.0. The van der Waals surface area contributed by atoms with Crippen molar-refractivity contribution in [3.8, 4) is 0 Å². The van der Waals surface area contributed by atoms with Crippen LogP contribution in [0.1, 0.15) is 42.1 Å². The predicted octanol–water partition coefficient (Wildman–Crippen LogP) is 2.60. The van der Waals surface area contributed by atoms with Crippen molar-refractivity contribution in [3.63, 3.8) is 0 Å². The maximum absolute atomic E-state index is 14.2. The molecule has 0 saturated carbocycles. The van der Waals surface area contributed by atoms with Crippen molar-refractivity contribution in [2.75, 3.05) is 11.4 Å². The number of hydrogen-bond donors (Lipinski definition) is 1. The SMILES string of the molecule is CCCc1cc(C(=O)O)c(F)c(N2CCCC2=O)c1. The number of rotatable bonds is 4. The number of carboxylic acids is 1. The topological polar surface area (TPSA) is 57.6 Å². The molecule has 1 N–H and O–H groups in total. The Balaban J connectivity index is 2.51. The van der Waals surface area contributed by atoms with Crippen molar-refractivity contribution in [3.05, 3.63) is 29.1 Å². The average Bonchev–Trinajstić information content (AvgIpc) is 2.77. The first-order chi connectivity index (χ1) is 9.04. The molecule has 4 nitrogen and oxygen atoms in total. The van der Waals surface area contributed by atoms with Crippen molar-refractivity contribution >= 4 is 17.6 Å². The van der Waals surface area contributed by atoms with E-state index in [0.29, 0.717) is 25.8 Å². The molecule has 0 bridgehead atoms. The number of anilines is 1. The standard InChI is InChI=1S/C14H16FNO3/c1-2-4-9-7-10(14(18)19)13(15)11(8-9)16-6-3-5-12(16)17/h7-8H,2-6H2,1H3,(H,18,19). The number of amides is 1. The van der Waals surface area contributed by atoms with Crippen molar-refractivity contribution in [2.24, 2.45) is 0 Å². The maximum Gasteiger partial charge on any atom is 0.338 e. The van der Waals surface area contributed by atoms with Crippen molar-refractivity contribution in [1.82, 2.24) is 0 Å². The van der Waals surface area contributed by atoms with Crippen LogP contribution in [-0.4, -0.2) is 23.5 Å². The third-order valence-corrected chi connectivity index (χ3v) is 3.25. The molecule has 0 aromatic heterocycles. The quantitative estimate of drug-likeness (QED) is 0.910. The first kappa shape index (κ1) is 13.5. The van der Waals surface area contributed by atoms with Crippen LogP contribution in [0.4, 0.5) is 10.1 Å². The lowest BCUT2D eigenvalue weighted by Gasteiger charge is -2.18. The fourth-order valence-electron chi connectivity index (χ4n) is 2.36. The summed E-state index contributed by atoms with van der Waals surface area (Å²) in [6.07, 6.45) is 2.56. The van der Waals surface area contributed by atoms with E-state index in [1.54, 1.807) is 6.07 Å². The van der Waals surface area contributed by atoms with Crippen molar-refractivity contribution in [1.29, 1.82) is 0 Å².